The number of urea groups is 1. The summed E-state index contributed by atoms with van der Waals surface area (Å²) in [7, 11) is 3.17. The number of hydrogen-bond donors (Lipinski definition) is 3. The van der Waals surface area contributed by atoms with E-state index in [2.05, 4.69) is 16.0 Å². The summed E-state index contributed by atoms with van der Waals surface area (Å²) in [4.78, 5) is 25.5. The van der Waals surface area contributed by atoms with Crippen LogP contribution in [0.5, 0.6) is 11.5 Å². The Morgan fingerprint density at radius 1 is 0.867 bits per heavy atom. The third kappa shape index (κ3) is 5.43. The number of hydrogen-bond acceptors (Lipinski definition) is 4. The van der Waals surface area contributed by atoms with Gasteiger partial charge in [0.25, 0.3) is 0 Å². The molecule has 1 fully saturated rings. The molecule has 0 saturated heterocycles. The zero-order chi connectivity index (χ0) is 21.4. The van der Waals surface area contributed by atoms with Crippen LogP contribution in [-0.2, 0) is 17.9 Å². The minimum atomic E-state index is -0.885. The molecule has 0 unspecified atom stereocenters. The maximum absolute atomic E-state index is 13.0. The van der Waals surface area contributed by atoms with Gasteiger partial charge in [0.2, 0.25) is 5.91 Å². The maximum Gasteiger partial charge on any atom is 0.315 e. The van der Waals surface area contributed by atoms with E-state index in [0.717, 1.165) is 24.0 Å². The second-order valence-corrected chi connectivity index (χ2v) is 7.49. The monoisotopic (exact) mass is 411 g/mol. The summed E-state index contributed by atoms with van der Waals surface area (Å²) in [6, 6.07) is 14.8. The molecule has 0 atom stereocenters. The highest BCUT2D eigenvalue weighted by Crippen LogP contribution is 2.30. The van der Waals surface area contributed by atoms with Gasteiger partial charge in [-0.2, -0.15) is 0 Å². The summed E-state index contributed by atoms with van der Waals surface area (Å²) < 4.78 is 10.6. The van der Waals surface area contributed by atoms with Gasteiger partial charge in [-0.25, -0.2) is 4.79 Å². The van der Waals surface area contributed by atoms with Gasteiger partial charge in [0, 0.05) is 19.2 Å². The Bertz CT molecular complexity index is 842. The molecule has 0 heterocycles. The summed E-state index contributed by atoms with van der Waals surface area (Å²) in [6.45, 7) is 0.732. The molecule has 3 N–H and O–H groups in total. The van der Waals surface area contributed by atoms with Crippen LogP contribution in [0.25, 0.3) is 0 Å². The summed E-state index contributed by atoms with van der Waals surface area (Å²) in [5.41, 5.74) is 0.981. The molecule has 7 nitrogen and oxygen atoms in total. The van der Waals surface area contributed by atoms with E-state index in [0.29, 0.717) is 37.4 Å². The second kappa shape index (κ2) is 10.0. The predicted octanol–water partition coefficient (Wildman–Crippen LogP) is 3.13. The molecule has 2 aromatic rings. The lowest BCUT2D eigenvalue weighted by Gasteiger charge is -2.29. The SMILES string of the molecule is COc1cc(CNC(=O)C2(NC(=O)NCc3ccccc3)CCCC2)cc(OC)c1. The highest BCUT2D eigenvalue weighted by atomic mass is 16.5. The smallest absolute Gasteiger partial charge is 0.315 e. The normalized spacial score (nSPS) is 14.6. The van der Waals surface area contributed by atoms with Gasteiger partial charge < -0.3 is 25.4 Å². The molecule has 2 aromatic carbocycles. The third-order valence-electron chi connectivity index (χ3n) is 5.40. The number of benzene rings is 2. The van der Waals surface area contributed by atoms with Crippen LogP contribution in [0.15, 0.2) is 48.5 Å². The number of carbonyl (C=O) groups is 2. The summed E-state index contributed by atoms with van der Waals surface area (Å²) in [5, 5.41) is 8.75. The first-order chi connectivity index (χ1) is 14.5. The molecular formula is C23H29N3O4. The van der Waals surface area contributed by atoms with Gasteiger partial charge in [-0.15, -0.1) is 0 Å². The minimum Gasteiger partial charge on any atom is -0.497 e. The largest absolute Gasteiger partial charge is 0.497 e. The van der Waals surface area contributed by atoms with Crippen molar-refractivity contribution < 1.29 is 19.1 Å². The Labute approximate surface area is 177 Å². The minimum absolute atomic E-state index is 0.170. The van der Waals surface area contributed by atoms with Crippen molar-refractivity contribution in [3.05, 3.63) is 59.7 Å². The van der Waals surface area contributed by atoms with Gasteiger partial charge in [0.15, 0.2) is 0 Å². The van der Waals surface area contributed by atoms with Gasteiger partial charge in [-0.1, -0.05) is 43.2 Å². The Balaban J connectivity index is 1.60. The van der Waals surface area contributed by atoms with Gasteiger partial charge in [-0.05, 0) is 36.1 Å². The average Bonchev–Trinajstić information content (AvgIpc) is 3.26. The lowest BCUT2D eigenvalue weighted by molar-refractivity contribution is -0.127. The molecule has 160 valence electrons. The quantitative estimate of drug-likeness (QED) is 0.623. The van der Waals surface area contributed by atoms with Gasteiger partial charge in [0.05, 0.1) is 14.2 Å². The van der Waals surface area contributed by atoms with E-state index >= 15 is 0 Å². The van der Waals surface area contributed by atoms with Crippen LogP contribution in [0.2, 0.25) is 0 Å². The van der Waals surface area contributed by atoms with Crippen LogP contribution in [0.1, 0.15) is 36.8 Å². The summed E-state index contributed by atoms with van der Waals surface area (Å²) in [5.74, 6) is 1.15. The molecular weight excluding hydrogens is 382 g/mol. The van der Waals surface area contributed by atoms with E-state index in [1.807, 2.05) is 42.5 Å². The molecule has 1 saturated carbocycles. The molecule has 3 amide bonds. The standard InChI is InChI=1S/C23H29N3O4/c1-29-19-12-18(13-20(14-19)30-2)16-24-21(27)23(10-6-7-11-23)26-22(28)25-15-17-8-4-3-5-9-17/h3-5,8-9,12-14H,6-7,10-11,15-16H2,1-2H3,(H,24,27)(H2,25,26,28). The summed E-state index contributed by atoms with van der Waals surface area (Å²) >= 11 is 0. The van der Waals surface area contributed by atoms with Crippen LogP contribution >= 0.6 is 0 Å². The molecule has 1 aliphatic rings. The lowest BCUT2D eigenvalue weighted by Crippen LogP contribution is -2.59. The first-order valence-electron chi connectivity index (χ1n) is 10.1. The first-order valence-corrected chi connectivity index (χ1v) is 10.1. The maximum atomic E-state index is 13.0. The highest BCUT2D eigenvalue weighted by Gasteiger charge is 2.42. The summed E-state index contributed by atoms with van der Waals surface area (Å²) in [6.07, 6.45) is 3.05. The van der Waals surface area contributed by atoms with Crippen LogP contribution in [0.3, 0.4) is 0 Å². The number of nitrogens with one attached hydrogen (secondary N) is 3. The Morgan fingerprint density at radius 3 is 2.07 bits per heavy atom. The average molecular weight is 412 g/mol. The molecule has 0 spiro atoms. The Hall–Kier alpha value is -3.22. The molecule has 3 rings (SSSR count). The van der Waals surface area contributed by atoms with Crippen molar-refractivity contribution in [2.45, 2.75) is 44.3 Å². The molecule has 7 heteroatoms. The zero-order valence-corrected chi connectivity index (χ0v) is 17.5. The fraction of sp³-hybridized carbons (Fsp3) is 0.391. The van der Waals surface area contributed by atoms with E-state index < -0.39 is 5.54 Å². The van der Waals surface area contributed by atoms with Crippen molar-refractivity contribution in [2.24, 2.45) is 0 Å². The zero-order valence-electron chi connectivity index (χ0n) is 17.5. The van der Waals surface area contributed by atoms with Crippen LogP contribution < -0.4 is 25.4 Å². The van der Waals surface area contributed by atoms with Gasteiger partial charge >= 0.3 is 6.03 Å². The van der Waals surface area contributed by atoms with Crippen molar-refractivity contribution in [2.75, 3.05) is 14.2 Å². The molecule has 30 heavy (non-hydrogen) atoms. The number of rotatable bonds is 8. The fourth-order valence-electron chi connectivity index (χ4n) is 3.75. The molecule has 0 aliphatic heterocycles. The Kier molecular flexibility index (Phi) is 7.17. The fourth-order valence-corrected chi connectivity index (χ4v) is 3.75. The van der Waals surface area contributed by atoms with Crippen LogP contribution in [0.4, 0.5) is 4.79 Å². The first kappa shape index (κ1) is 21.5. The topological polar surface area (TPSA) is 88.7 Å². The molecule has 1 aliphatic carbocycles. The number of methoxy groups -OCH3 is 2. The van der Waals surface area contributed by atoms with Crippen molar-refractivity contribution >= 4 is 11.9 Å². The van der Waals surface area contributed by atoms with E-state index in [-0.39, 0.29) is 11.9 Å². The molecule has 0 bridgehead atoms. The van der Waals surface area contributed by atoms with Crippen molar-refractivity contribution in [3.63, 3.8) is 0 Å². The number of carbonyl (C=O) groups excluding carboxylic acids is 2. The van der Waals surface area contributed by atoms with Gasteiger partial charge in [-0.3, -0.25) is 4.79 Å². The van der Waals surface area contributed by atoms with E-state index in [1.165, 1.54) is 0 Å². The number of ether oxygens (including phenoxy) is 2. The lowest BCUT2D eigenvalue weighted by atomic mass is 9.96. The predicted molar refractivity (Wildman–Crippen MR) is 114 cm³/mol. The molecule has 0 aromatic heterocycles. The second-order valence-electron chi connectivity index (χ2n) is 7.49. The van der Waals surface area contributed by atoms with E-state index in [4.69, 9.17) is 9.47 Å². The number of amides is 3. The Morgan fingerprint density at radius 2 is 1.47 bits per heavy atom. The molecule has 0 radical (unpaired) electrons. The van der Waals surface area contributed by atoms with E-state index in [9.17, 15) is 9.59 Å². The third-order valence-corrected chi connectivity index (χ3v) is 5.40. The van der Waals surface area contributed by atoms with Crippen molar-refractivity contribution in [1.82, 2.24) is 16.0 Å². The van der Waals surface area contributed by atoms with Crippen LogP contribution in [0, 0.1) is 0 Å². The van der Waals surface area contributed by atoms with E-state index in [1.54, 1.807) is 20.3 Å². The van der Waals surface area contributed by atoms with Crippen LogP contribution in [-0.4, -0.2) is 31.7 Å². The van der Waals surface area contributed by atoms with Crippen molar-refractivity contribution in [1.29, 1.82) is 0 Å². The highest BCUT2D eigenvalue weighted by molar-refractivity contribution is 5.91. The van der Waals surface area contributed by atoms with Gasteiger partial charge in [0.1, 0.15) is 17.0 Å². The van der Waals surface area contributed by atoms with Crippen molar-refractivity contribution in [3.8, 4) is 11.5 Å².